The molecule has 0 fully saturated rings. The van der Waals surface area contributed by atoms with Crippen molar-refractivity contribution in [1.82, 2.24) is 0 Å². The molecule has 0 rings (SSSR count). The molecule has 0 unspecified atom stereocenters. The van der Waals surface area contributed by atoms with Gasteiger partial charge in [-0.15, -0.1) is 0 Å². The van der Waals surface area contributed by atoms with Crippen LogP contribution in [0.15, 0.2) is 0 Å². The minimum atomic E-state index is 0. The first kappa shape index (κ1) is 16.0. The fraction of sp³-hybridized carbons (Fsp3) is 1.00. The van der Waals surface area contributed by atoms with Gasteiger partial charge in [-0.1, -0.05) is 0 Å². The summed E-state index contributed by atoms with van der Waals surface area (Å²) in [5, 5.41) is 8.25. The van der Waals surface area contributed by atoms with Crippen LogP contribution in [0.5, 0.6) is 0 Å². The first-order chi connectivity index (χ1) is 1.00. The third-order valence-electron chi connectivity index (χ3n) is 0. The Morgan fingerprint density at radius 3 is 1.25 bits per heavy atom. The maximum atomic E-state index is 8.25. The van der Waals surface area contributed by atoms with Crippen LogP contribution in [-0.4, -0.2) is 36.7 Å². The van der Waals surface area contributed by atoms with Gasteiger partial charge in [0.1, 0.15) is 0 Å². The second-order valence-electron chi connectivity index (χ2n) is 0. The van der Waals surface area contributed by atoms with Crippen LogP contribution in [0.1, 0.15) is 0 Å². The van der Waals surface area contributed by atoms with E-state index in [-0.39, 0.29) is 80.9 Å². The Balaban J connectivity index is -0.00000000500. The molecule has 0 bridgehead atoms. The number of hydrogen-bond acceptors (Lipinski definition) is 1. The standard InChI is InChI=1S/CH3O.K.Na/c1-2;;/h1H3;;/q-1;+1;. The Labute approximate surface area is 90.9 Å². The predicted molar refractivity (Wildman–Crippen MR) is 11.7 cm³/mol. The van der Waals surface area contributed by atoms with E-state index in [9.17, 15) is 0 Å². The SMILES string of the molecule is C[O-].[K+].[Na]. The van der Waals surface area contributed by atoms with Crippen molar-refractivity contribution < 1.29 is 56.5 Å². The van der Waals surface area contributed by atoms with E-state index in [1.165, 1.54) is 0 Å². The van der Waals surface area contributed by atoms with Gasteiger partial charge in [0.05, 0.1) is 0 Å². The molecule has 0 aromatic heterocycles. The van der Waals surface area contributed by atoms with Gasteiger partial charge in [-0.2, -0.15) is 7.11 Å². The third kappa shape index (κ3) is 8.82. The fourth-order valence-corrected chi connectivity index (χ4v) is 0. The fourth-order valence-electron chi connectivity index (χ4n) is 0. The second-order valence-corrected chi connectivity index (χ2v) is 0. The van der Waals surface area contributed by atoms with Crippen molar-refractivity contribution in [2.45, 2.75) is 0 Å². The van der Waals surface area contributed by atoms with Crippen molar-refractivity contribution in [2.24, 2.45) is 0 Å². The van der Waals surface area contributed by atoms with Gasteiger partial charge in [0.2, 0.25) is 0 Å². The summed E-state index contributed by atoms with van der Waals surface area (Å²) in [6.07, 6.45) is 0. The molecule has 1 radical (unpaired) electrons. The molecule has 0 aliphatic rings. The van der Waals surface area contributed by atoms with Crippen molar-refractivity contribution in [3.63, 3.8) is 0 Å². The molecular weight excluding hydrogens is 90.1 g/mol. The molecule has 3 heteroatoms. The monoisotopic (exact) mass is 93.0 g/mol. The van der Waals surface area contributed by atoms with E-state index in [4.69, 9.17) is 5.11 Å². The van der Waals surface area contributed by atoms with Crippen LogP contribution < -0.4 is 56.5 Å². The topological polar surface area (TPSA) is 23.1 Å². The van der Waals surface area contributed by atoms with Crippen molar-refractivity contribution >= 4 is 29.6 Å². The van der Waals surface area contributed by atoms with Crippen LogP contribution in [0, 0.1) is 0 Å². The second kappa shape index (κ2) is 17.5. The van der Waals surface area contributed by atoms with E-state index < -0.39 is 0 Å². The summed E-state index contributed by atoms with van der Waals surface area (Å²) in [7, 11) is 0.750. The Hall–Kier alpha value is 2.60. The average Bonchev–Trinajstić information content (AvgIpc) is 1.00. The van der Waals surface area contributed by atoms with Crippen molar-refractivity contribution in [3.8, 4) is 0 Å². The third-order valence-corrected chi connectivity index (χ3v) is 0. The summed E-state index contributed by atoms with van der Waals surface area (Å²) in [6, 6.07) is 0. The van der Waals surface area contributed by atoms with E-state index >= 15 is 0 Å². The largest absolute Gasteiger partial charge is 1.00 e. The van der Waals surface area contributed by atoms with Gasteiger partial charge in [-0.05, 0) is 0 Å². The Morgan fingerprint density at radius 2 is 1.25 bits per heavy atom. The molecule has 0 aliphatic carbocycles. The van der Waals surface area contributed by atoms with Crippen molar-refractivity contribution in [1.29, 1.82) is 0 Å². The molecular formula is CH3KNaO. The molecule has 0 heterocycles. The van der Waals surface area contributed by atoms with Gasteiger partial charge in [0, 0.05) is 29.6 Å². The first-order valence-electron chi connectivity index (χ1n) is 0.408. The molecule has 0 aromatic rings. The van der Waals surface area contributed by atoms with Crippen molar-refractivity contribution in [2.75, 3.05) is 7.11 Å². The van der Waals surface area contributed by atoms with Gasteiger partial charge in [0.15, 0.2) is 0 Å². The maximum Gasteiger partial charge on any atom is 1.00 e. The molecule has 0 aliphatic heterocycles. The predicted octanol–water partition coefficient (Wildman–Crippen LogP) is -4.40. The summed E-state index contributed by atoms with van der Waals surface area (Å²) in [6.45, 7) is 0. The summed E-state index contributed by atoms with van der Waals surface area (Å²) in [4.78, 5) is 0. The zero-order chi connectivity index (χ0) is 2.00. The quantitative estimate of drug-likeness (QED) is 0.277. The summed E-state index contributed by atoms with van der Waals surface area (Å²) in [5.74, 6) is 0. The molecule has 0 aromatic carbocycles. The van der Waals surface area contributed by atoms with Gasteiger partial charge >= 0.3 is 51.4 Å². The van der Waals surface area contributed by atoms with Gasteiger partial charge < -0.3 is 5.11 Å². The minimum Gasteiger partial charge on any atom is -0.857 e. The van der Waals surface area contributed by atoms with E-state index in [0.717, 1.165) is 7.11 Å². The van der Waals surface area contributed by atoms with E-state index in [1.807, 2.05) is 0 Å². The summed E-state index contributed by atoms with van der Waals surface area (Å²) >= 11 is 0. The zero-order valence-electron chi connectivity index (χ0n) is 3.41. The van der Waals surface area contributed by atoms with E-state index in [2.05, 4.69) is 0 Å². The Bertz CT molecular complexity index is 8.00. The van der Waals surface area contributed by atoms with E-state index in [1.54, 1.807) is 0 Å². The molecule has 0 saturated carbocycles. The van der Waals surface area contributed by atoms with Crippen LogP contribution in [-0.2, 0) is 0 Å². The molecule has 0 N–H and O–H groups in total. The number of rotatable bonds is 0. The van der Waals surface area contributed by atoms with Crippen LogP contribution >= 0.6 is 0 Å². The van der Waals surface area contributed by atoms with Crippen LogP contribution in [0.25, 0.3) is 0 Å². The normalized spacial score (nSPS) is 1.50. The molecule has 0 saturated heterocycles. The molecule has 15 valence electrons. The Kier molecular flexibility index (Phi) is 70.0. The van der Waals surface area contributed by atoms with Crippen LogP contribution in [0.4, 0.5) is 0 Å². The summed E-state index contributed by atoms with van der Waals surface area (Å²) < 4.78 is 0. The molecule has 0 spiro atoms. The zero-order valence-corrected chi connectivity index (χ0v) is 8.53. The molecule has 1 nitrogen and oxygen atoms in total. The van der Waals surface area contributed by atoms with E-state index in [0.29, 0.717) is 0 Å². The first-order valence-corrected chi connectivity index (χ1v) is 0.408. The molecule has 0 amide bonds. The summed E-state index contributed by atoms with van der Waals surface area (Å²) in [5.41, 5.74) is 0. The molecule has 4 heavy (non-hydrogen) atoms. The van der Waals surface area contributed by atoms with Gasteiger partial charge in [-0.3, -0.25) is 0 Å². The van der Waals surface area contributed by atoms with Gasteiger partial charge in [0.25, 0.3) is 0 Å². The molecule has 0 atom stereocenters. The van der Waals surface area contributed by atoms with Crippen molar-refractivity contribution in [3.05, 3.63) is 0 Å². The van der Waals surface area contributed by atoms with Crippen LogP contribution in [0.2, 0.25) is 0 Å². The average molecular weight is 93.1 g/mol. The van der Waals surface area contributed by atoms with Gasteiger partial charge in [-0.25, -0.2) is 0 Å². The smallest absolute Gasteiger partial charge is 0.857 e. The minimum absolute atomic E-state index is 0. The number of hydrogen-bond donors (Lipinski definition) is 0. The Morgan fingerprint density at radius 1 is 1.25 bits per heavy atom. The van der Waals surface area contributed by atoms with Crippen LogP contribution in [0.3, 0.4) is 0 Å². The maximum absolute atomic E-state index is 8.25.